The molecule has 1 atom stereocenters. The van der Waals surface area contributed by atoms with Crippen LogP contribution in [-0.2, 0) is 14.3 Å². The van der Waals surface area contributed by atoms with Crippen LogP contribution in [0.5, 0.6) is 5.75 Å². The molecule has 0 amide bonds. The topological polar surface area (TPSA) is 57.7 Å². The van der Waals surface area contributed by atoms with Crippen molar-refractivity contribution in [3.63, 3.8) is 0 Å². The van der Waals surface area contributed by atoms with Crippen molar-refractivity contribution in [2.75, 3.05) is 13.7 Å². The summed E-state index contributed by atoms with van der Waals surface area (Å²) >= 11 is 1.59. The van der Waals surface area contributed by atoms with Crippen molar-refractivity contribution < 1.29 is 19.0 Å². The number of benzene rings is 1. The van der Waals surface area contributed by atoms with Crippen molar-refractivity contribution in [1.82, 2.24) is 4.98 Å². The molecule has 6 heteroatoms. The van der Waals surface area contributed by atoms with Crippen molar-refractivity contribution in [2.45, 2.75) is 25.7 Å². The fourth-order valence-electron chi connectivity index (χ4n) is 2.08. The molecule has 0 saturated carbocycles. The number of para-hydroxylation sites is 1. The van der Waals surface area contributed by atoms with Gasteiger partial charge in [0.1, 0.15) is 12.0 Å². The van der Waals surface area contributed by atoms with E-state index in [1.54, 1.807) is 35.6 Å². The molecule has 24 heavy (non-hydrogen) atoms. The molecule has 0 N–H and O–H groups in total. The molecule has 0 aliphatic heterocycles. The van der Waals surface area contributed by atoms with Gasteiger partial charge < -0.3 is 14.2 Å². The summed E-state index contributed by atoms with van der Waals surface area (Å²) in [5, 5.41) is 2.05. The van der Waals surface area contributed by atoms with Gasteiger partial charge in [0.15, 0.2) is 0 Å². The number of esters is 1. The number of carbonyl (C=O) groups is 1. The molecule has 2 aromatic rings. The number of hydrogen-bond acceptors (Lipinski definition) is 6. The third-order valence-electron chi connectivity index (χ3n) is 3.38. The average molecular weight is 347 g/mol. The first-order chi connectivity index (χ1) is 11.7. The third kappa shape index (κ3) is 5.70. The van der Waals surface area contributed by atoms with Gasteiger partial charge in [-0.05, 0) is 30.9 Å². The van der Waals surface area contributed by atoms with E-state index in [1.807, 2.05) is 11.6 Å². The molecular weight excluding hydrogens is 326 g/mol. The highest BCUT2D eigenvalue weighted by molar-refractivity contribution is 7.07. The minimum absolute atomic E-state index is 0.0580. The summed E-state index contributed by atoms with van der Waals surface area (Å²) in [5.74, 6) is 0.314. The number of hydrogen-bond donors (Lipinski definition) is 0. The zero-order valence-corrected chi connectivity index (χ0v) is 14.6. The van der Waals surface area contributed by atoms with Crippen molar-refractivity contribution in [2.24, 2.45) is 0 Å². The lowest BCUT2D eigenvalue weighted by atomic mass is 10.0. The zero-order chi connectivity index (χ0) is 17.2. The number of rotatable bonds is 9. The van der Waals surface area contributed by atoms with E-state index in [4.69, 9.17) is 14.2 Å². The molecule has 5 nitrogen and oxygen atoms in total. The Morgan fingerprint density at radius 1 is 1.33 bits per heavy atom. The highest BCUT2D eigenvalue weighted by Crippen LogP contribution is 2.20. The lowest BCUT2D eigenvalue weighted by molar-refractivity contribution is -0.134. The summed E-state index contributed by atoms with van der Waals surface area (Å²) in [5.41, 5.74) is 2.93. The second-order valence-corrected chi connectivity index (χ2v) is 5.94. The molecule has 0 bridgehead atoms. The minimum Gasteiger partial charge on any atom is -0.500 e. The Hall–Kier alpha value is -2.34. The molecule has 0 aliphatic carbocycles. The van der Waals surface area contributed by atoms with E-state index in [0.717, 1.165) is 18.5 Å². The van der Waals surface area contributed by atoms with Gasteiger partial charge in [-0.25, -0.2) is 9.78 Å². The van der Waals surface area contributed by atoms with Gasteiger partial charge in [-0.1, -0.05) is 25.1 Å². The molecule has 0 aliphatic rings. The number of methoxy groups -OCH3 is 1. The highest BCUT2D eigenvalue weighted by atomic mass is 32.1. The Kier molecular flexibility index (Phi) is 7.29. The smallest absolute Gasteiger partial charge is 0.382 e. The standard InChI is InChI=1S/C18H21NO4S/c1-14(16-12-24-13-19-16)7-6-10-22-17(11-21-2)18(20)23-15-8-4-3-5-9-15/h3-5,8-9,11-14H,6-7,10H2,1-2H3. The van der Waals surface area contributed by atoms with Crippen molar-refractivity contribution in [3.8, 4) is 5.75 Å². The van der Waals surface area contributed by atoms with Crippen LogP contribution in [0.15, 0.2) is 53.2 Å². The SMILES string of the molecule is COC=C(OCCCC(C)c1cscn1)C(=O)Oc1ccccc1. The predicted octanol–water partition coefficient (Wildman–Crippen LogP) is 4.14. The molecule has 0 radical (unpaired) electrons. The Labute approximate surface area is 145 Å². The summed E-state index contributed by atoms with van der Waals surface area (Å²) in [6.45, 7) is 2.54. The minimum atomic E-state index is -0.574. The lowest BCUT2D eigenvalue weighted by Crippen LogP contribution is -2.15. The van der Waals surface area contributed by atoms with Gasteiger partial charge in [-0.2, -0.15) is 0 Å². The number of ether oxygens (including phenoxy) is 3. The van der Waals surface area contributed by atoms with E-state index in [0.29, 0.717) is 18.3 Å². The first-order valence-corrected chi connectivity index (χ1v) is 8.66. The molecule has 0 fully saturated rings. The number of thiazole rings is 1. The summed E-state index contributed by atoms with van der Waals surface area (Å²) in [7, 11) is 1.46. The maximum Gasteiger partial charge on any atom is 0.382 e. The Morgan fingerprint density at radius 2 is 2.12 bits per heavy atom. The summed E-state index contributed by atoms with van der Waals surface area (Å²) in [4.78, 5) is 16.4. The second kappa shape index (κ2) is 9.72. The largest absolute Gasteiger partial charge is 0.500 e. The van der Waals surface area contributed by atoms with Crippen LogP contribution in [0.25, 0.3) is 0 Å². The molecule has 2 rings (SSSR count). The van der Waals surface area contributed by atoms with Crippen molar-refractivity contribution in [3.05, 3.63) is 58.9 Å². The monoisotopic (exact) mass is 347 g/mol. The van der Waals surface area contributed by atoms with E-state index in [2.05, 4.69) is 17.3 Å². The second-order valence-electron chi connectivity index (χ2n) is 5.23. The summed E-state index contributed by atoms with van der Waals surface area (Å²) in [6.07, 6.45) is 2.99. The predicted molar refractivity (Wildman–Crippen MR) is 92.9 cm³/mol. The van der Waals surface area contributed by atoms with Crippen LogP contribution in [0.3, 0.4) is 0 Å². The van der Waals surface area contributed by atoms with E-state index in [-0.39, 0.29) is 5.76 Å². The maximum atomic E-state index is 12.1. The van der Waals surface area contributed by atoms with Crippen molar-refractivity contribution in [1.29, 1.82) is 0 Å². The van der Waals surface area contributed by atoms with Gasteiger partial charge in [0, 0.05) is 5.38 Å². The molecule has 1 aromatic heterocycles. The molecule has 0 spiro atoms. The van der Waals surface area contributed by atoms with Gasteiger partial charge in [-0.3, -0.25) is 0 Å². The molecule has 1 aromatic carbocycles. The number of carbonyl (C=O) groups excluding carboxylic acids is 1. The fourth-order valence-corrected chi connectivity index (χ4v) is 2.75. The van der Waals surface area contributed by atoms with Crippen LogP contribution in [0, 0.1) is 0 Å². The van der Waals surface area contributed by atoms with E-state index < -0.39 is 5.97 Å². The normalized spacial score (nSPS) is 12.5. The Bertz CT molecular complexity index is 640. The molecular formula is C18H21NO4S. The van der Waals surface area contributed by atoms with E-state index in [1.165, 1.54) is 13.4 Å². The quantitative estimate of drug-likeness (QED) is 0.224. The molecule has 0 saturated heterocycles. The first-order valence-electron chi connectivity index (χ1n) is 7.71. The van der Waals surface area contributed by atoms with E-state index >= 15 is 0 Å². The molecule has 1 heterocycles. The van der Waals surface area contributed by atoms with Gasteiger partial charge in [0.05, 0.1) is 24.9 Å². The van der Waals surface area contributed by atoms with Crippen LogP contribution in [-0.4, -0.2) is 24.7 Å². The molecule has 128 valence electrons. The van der Waals surface area contributed by atoms with Crippen LogP contribution >= 0.6 is 11.3 Å². The lowest BCUT2D eigenvalue weighted by Gasteiger charge is -2.11. The Balaban J connectivity index is 1.78. The zero-order valence-electron chi connectivity index (χ0n) is 13.8. The van der Waals surface area contributed by atoms with Gasteiger partial charge in [0.25, 0.3) is 0 Å². The number of nitrogens with zero attached hydrogens (tertiary/aromatic N) is 1. The van der Waals surface area contributed by atoms with Crippen LogP contribution in [0.2, 0.25) is 0 Å². The van der Waals surface area contributed by atoms with Gasteiger partial charge >= 0.3 is 5.97 Å². The molecule has 1 unspecified atom stereocenters. The van der Waals surface area contributed by atoms with Gasteiger partial charge in [-0.15, -0.1) is 11.3 Å². The summed E-state index contributed by atoms with van der Waals surface area (Å²) in [6, 6.07) is 8.85. The van der Waals surface area contributed by atoms with Crippen LogP contribution < -0.4 is 4.74 Å². The average Bonchev–Trinajstić information content (AvgIpc) is 3.13. The fraction of sp³-hybridized carbons (Fsp3) is 0.333. The van der Waals surface area contributed by atoms with Crippen LogP contribution in [0.1, 0.15) is 31.4 Å². The Morgan fingerprint density at radius 3 is 2.79 bits per heavy atom. The first kappa shape index (κ1) is 18.0. The third-order valence-corrected chi connectivity index (χ3v) is 3.98. The van der Waals surface area contributed by atoms with Crippen LogP contribution in [0.4, 0.5) is 0 Å². The van der Waals surface area contributed by atoms with Crippen molar-refractivity contribution >= 4 is 17.3 Å². The summed E-state index contributed by atoms with van der Waals surface area (Å²) < 4.78 is 15.7. The number of aromatic nitrogens is 1. The highest BCUT2D eigenvalue weighted by Gasteiger charge is 2.15. The van der Waals surface area contributed by atoms with Gasteiger partial charge in [0.2, 0.25) is 5.76 Å². The maximum absolute atomic E-state index is 12.1. The van der Waals surface area contributed by atoms with E-state index in [9.17, 15) is 4.79 Å².